The Balaban J connectivity index is 1.39. The molecule has 0 atom stereocenters. The quantitative estimate of drug-likeness (QED) is 0.285. The van der Waals surface area contributed by atoms with Crippen LogP contribution in [-0.2, 0) is 17.6 Å². The number of carbonyl (C=O) groups excluding carboxylic acids is 1. The first-order valence-corrected chi connectivity index (χ1v) is 11.9. The van der Waals surface area contributed by atoms with E-state index in [0.29, 0.717) is 22.5 Å². The molecule has 0 unspecified atom stereocenters. The van der Waals surface area contributed by atoms with Crippen molar-refractivity contribution in [1.29, 1.82) is 0 Å². The Morgan fingerprint density at radius 1 is 0.971 bits per heavy atom. The van der Waals surface area contributed by atoms with E-state index in [-0.39, 0.29) is 23.7 Å². The number of para-hydroxylation sites is 1. The van der Waals surface area contributed by atoms with Crippen molar-refractivity contribution in [2.45, 2.75) is 39.5 Å². The van der Waals surface area contributed by atoms with Crippen LogP contribution < -0.4 is 20.2 Å². The zero-order chi connectivity index (χ0) is 24.6. The highest BCUT2D eigenvalue weighted by molar-refractivity contribution is 5.92. The third-order valence-electron chi connectivity index (χ3n) is 5.71. The van der Waals surface area contributed by atoms with Gasteiger partial charge in [0.15, 0.2) is 6.61 Å². The van der Waals surface area contributed by atoms with Crippen LogP contribution in [0.15, 0.2) is 82.2 Å². The Bertz CT molecular complexity index is 1360. The minimum Gasteiger partial charge on any atom is -0.484 e. The summed E-state index contributed by atoms with van der Waals surface area (Å²) in [6.07, 6.45) is 5.42. The molecule has 0 aliphatic rings. The molecule has 3 aromatic carbocycles. The van der Waals surface area contributed by atoms with E-state index in [1.54, 1.807) is 18.2 Å². The average molecular weight is 472 g/mol. The lowest BCUT2D eigenvalue weighted by Crippen LogP contribution is -2.20. The minimum absolute atomic E-state index is 0.118. The minimum atomic E-state index is -0.274. The van der Waals surface area contributed by atoms with Crippen molar-refractivity contribution >= 4 is 22.6 Å². The molecule has 1 heterocycles. The molecular formula is C29H29NO5. The van der Waals surface area contributed by atoms with Gasteiger partial charge in [-0.1, -0.05) is 50.6 Å². The van der Waals surface area contributed by atoms with Gasteiger partial charge in [-0.2, -0.15) is 0 Å². The van der Waals surface area contributed by atoms with Crippen molar-refractivity contribution in [3.05, 3.63) is 94.3 Å². The average Bonchev–Trinajstić information content (AvgIpc) is 2.89. The Morgan fingerprint density at radius 2 is 1.77 bits per heavy atom. The Hall–Kier alpha value is -4.06. The second-order valence-corrected chi connectivity index (χ2v) is 8.29. The molecule has 1 amide bonds. The number of benzene rings is 3. The van der Waals surface area contributed by atoms with Crippen LogP contribution in [0.1, 0.15) is 37.8 Å². The maximum atomic E-state index is 12.9. The smallest absolute Gasteiger partial charge is 0.262 e. The van der Waals surface area contributed by atoms with Gasteiger partial charge < -0.3 is 19.2 Å². The van der Waals surface area contributed by atoms with Gasteiger partial charge in [0.25, 0.3) is 5.91 Å². The lowest BCUT2D eigenvalue weighted by Gasteiger charge is -2.10. The molecule has 1 aromatic heterocycles. The molecule has 35 heavy (non-hydrogen) atoms. The Morgan fingerprint density at radius 3 is 2.54 bits per heavy atom. The predicted octanol–water partition coefficient (Wildman–Crippen LogP) is 6.51. The number of nitrogens with one attached hydrogen (secondary N) is 1. The van der Waals surface area contributed by atoms with Crippen LogP contribution in [0.3, 0.4) is 0 Å². The van der Waals surface area contributed by atoms with Crippen LogP contribution in [0.25, 0.3) is 11.0 Å². The van der Waals surface area contributed by atoms with E-state index in [2.05, 4.69) is 12.2 Å². The fourth-order valence-corrected chi connectivity index (χ4v) is 3.75. The SMILES string of the molecule is CCCCc1ccc(NC(=O)COc2ccc3c(=O)c(Oc4ccccc4CC)coc3c2)cc1. The molecule has 0 aliphatic carbocycles. The van der Waals surface area contributed by atoms with E-state index < -0.39 is 0 Å². The predicted molar refractivity (Wildman–Crippen MR) is 138 cm³/mol. The number of rotatable bonds is 10. The van der Waals surface area contributed by atoms with Crippen molar-refractivity contribution in [1.82, 2.24) is 0 Å². The molecule has 0 saturated heterocycles. The van der Waals surface area contributed by atoms with Gasteiger partial charge in [-0.25, -0.2) is 0 Å². The third kappa shape index (κ3) is 6.09. The zero-order valence-corrected chi connectivity index (χ0v) is 20.0. The van der Waals surface area contributed by atoms with Crippen LogP contribution in [-0.4, -0.2) is 12.5 Å². The summed E-state index contributed by atoms with van der Waals surface area (Å²) in [5, 5.41) is 3.20. The van der Waals surface area contributed by atoms with Crippen molar-refractivity contribution in [2.24, 2.45) is 0 Å². The van der Waals surface area contributed by atoms with Crippen molar-refractivity contribution in [3.63, 3.8) is 0 Å². The molecule has 4 aromatic rings. The molecule has 0 fully saturated rings. The molecule has 0 saturated carbocycles. The number of anilines is 1. The summed E-state index contributed by atoms with van der Waals surface area (Å²) in [6, 6.07) is 20.3. The largest absolute Gasteiger partial charge is 0.484 e. The second kappa shape index (κ2) is 11.4. The molecule has 4 rings (SSSR count). The summed E-state index contributed by atoms with van der Waals surface area (Å²) in [7, 11) is 0. The van der Waals surface area contributed by atoms with E-state index in [0.717, 1.165) is 36.9 Å². The van der Waals surface area contributed by atoms with Crippen LogP contribution in [0.2, 0.25) is 0 Å². The lowest BCUT2D eigenvalue weighted by molar-refractivity contribution is -0.118. The number of amides is 1. The highest BCUT2D eigenvalue weighted by atomic mass is 16.5. The zero-order valence-electron chi connectivity index (χ0n) is 20.0. The van der Waals surface area contributed by atoms with Gasteiger partial charge in [0.1, 0.15) is 23.3 Å². The summed E-state index contributed by atoms with van der Waals surface area (Å²) in [5.74, 6) is 0.900. The summed E-state index contributed by atoms with van der Waals surface area (Å²) in [6.45, 7) is 4.02. The van der Waals surface area contributed by atoms with E-state index in [9.17, 15) is 9.59 Å². The van der Waals surface area contributed by atoms with Crippen LogP contribution in [0.5, 0.6) is 17.2 Å². The van der Waals surface area contributed by atoms with E-state index in [1.165, 1.54) is 11.8 Å². The summed E-state index contributed by atoms with van der Waals surface area (Å²) in [4.78, 5) is 25.2. The van der Waals surface area contributed by atoms with Gasteiger partial charge in [-0.3, -0.25) is 9.59 Å². The third-order valence-corrected chi connectivity index (χ3v) is 5.71. The normalized spacial score (nSPS) is 10.8. The van der Waals surface area contributed by atoms with Crippen LogP contribution in [0.4, 0.5) is 5.69 Å². The number of ether oxygens (including phenoxy) is 2. The maximum absolute atomic E-state index is 12.9. The van der Waals surface area contributed by atoms with Gasteiger partial charge in [-0.15, -0.1) is 0 Å². The number of unbranched alkanes of at least 4 members (excludes halogenated alkanes) is 1. The first-order chi connectivity index (χ1) is 17.1. The molecular weight excluding hydrogens is 442 g/mol. The Labute approximate surface area is 204 Å². The summed E-state index contributed by atoms with van der Waals surface area (Å²) < 4.78 is 17.1. The second-order valence-electron chi connectivity index (χ2n) is 8.29. The van der Waals surface area contributed by atoms with Gasteiger partial charge in [0.2, 0.25) is 11.2 Å². The highest BCUT2D eigenvalue weighted by Crippen LogP contribution is 2.26. The molecule has 0 radical (unpaired) electrons. The highest BCUT2D eigenvalue weighted by Gasteiger charge is 2.12. The first-order valence-electron chi connectivity index (χ1n) is 11.9. The molecule has 0 bridgehead atoms. The molecule has 6 nitrogen and oxygen atoms in total. The fourth-order valence-electron chi connectivity index (χ4n) is 3.75. The van der Waals surface area contributed by atoms with Crippen molar-refractivity contribution in [3.8, 4) is 17.2 Å². The Kier molecular flexibility index (Phi) is 7.83. The van der Waals surface area contributed by atoms with E-state index in [1.807, 2.05) is 55.5 Å². The topological polar surface area (TPSA) is 77.8 Å². The summed E-state index contributed by atoms with van der Waals surface area (Å²) >= 11 is 0. The lowest BCUT2D eigenvalue weighted by atomic mass is 10.1. The molecule has 1 N–H and O–H groups in total. The molecule has 6 heteroatoms. The first kappa shape index (κ1) is 24.1. The molecule has 0 spiro atoms. The van der Waals surface area contributed by atoms with Crippen molar-refractivity contribution < 1.29 is 18.7 Å². The van der Waals surface area contributed by atoms with Gasteiger partial charge >= 0.3 is 0 Å². The molecule has 0 aliphatic heterocycles. The fraction of sp³-hybridized carbons (Fsp3) is 0.241. The standard InChI is InChI=1S/C29H29NO5/c1-3-5-8-20-11-13-22(14-12-20)30-28(31)19-33-23-15-16-24-26(17-23)34-18-27(29(24)32)35-25-10-7-6-9-21(25)4-2/h6-7,9-18H,3-5,8,19H2,1-2H3,(H,30,31). The van der Waals surface area contributed by atoms with E-state index in [4.69, 9.17) is 13.9 Å². The van der Waals surface area contributed by atoms with Crippen molar-refractivity contribution in [2.75, 3.05) is 11.9 Å². The number of aryl methyl sites for hydroxylation is 2. The summed E-state index contributed by atoms with van der Waals surface area (Å²) in [5.41, 5.74) is 3.06. The number of hydrogen-bond donors (Lipinski definition) is 1. The van der Waals surface area contributed by atoms with Gasteiger partial charge in [0.05, 0.1) is 5.39 Å². The number of fused-ring (bicyclic) bond motifs is 1. The van der Waals surface area contributed by atoms with Gasteiger partial charge in [-0.05, 0) is 60.7 Å². The van der Waals surface area contributed by atoms with Crippen LogP contribution in [0, 0.1) is 0 Å². The van der Waals surface area contributed by atoms with Gasteiger partial charge in [0, 0.05) is 11.8 Å². The molecule has 180 valence electrons. The maximum Gasteiger partial charge on any atom is 0.262 e. The monoisotopic (exact) mass is 471 g/mol. The van der Waals surface area contributed by atoms with Crippen LogP contribution >= 0.6 is 0 Å². The number of carbonyl (C=O) groups is 1. The van der Waals surface area contributed by atoms with E-state index >= 15 is 0 Å². The number of hydrogen-bond acceptors (Lipinski definition) is 5.